The van der Waals surface area contributed by atoms with E-state index in [4.69, 9.17) is 14.5 Å². The summed E-state index contributed by atoms with van der Waals surface area (Å²) in [4.78, 5) is 7.20. The molecule has 5 nitrogen and oxygen atoms in total. The molecule has 0 spiro atoms. The van der Waals surface area contributed by atoms with E-state index in [1.807, 2.05) is 0 Å². The van der Waals surface area contributed by atoms with E-state index in [9.17, 15) is 0 Å². The number of aliphatic imine (C=N–C) groups is 1. The lowest BCUT2D eigenvalue weighted by Gasteiger charge is -2.34. The van der Waals surface area contributed by atoms with Crippen LogP contribution < -0.4 is 5.32 Å². The van der Waals surface area contributed by atoms with Crippen molar-refractivity contribution in [2.75, 3.05) is 51.8 Å². The SMILES string of the molecule is CCNC(=NCCCOCC1CCCO1)N1CCSC(CC)C1.I. The van der Waals surface area contributed by atoms with Gasteiger partial charge in [0.05, 0.1) is 12.7 Å². The predicted molar refractivity (Wildman–Crippen MR) is 114 cm³/mol. The quantitative estimate of drug-likeness (QED) is 0.255. The van der Waals surface area contributed by atoms with Crippen LogP contribution in [0.5, 0.6) is 0 Å². The Labute approximate surface area is 168 Å². The lowest BCUT2D eigenvalue weighted by molar-refractivity contribution is 0.0170. The second-order valence-electron chi connectivity index (χ2n) is 6.15. The van der Waals surface area contributed by atoms with Crippen LogP contribution in [0.2, 0.25) is 0 Å². The van der Waals surface area contributed by atoms with Gasteiger partial charge in [0.1, 0.15) is 0 Å². The zero-order valence-electron chi connectivity index (χ0n) is 15.2. The summed E-state index contributed by atoms with van der Waals surface area (Å²) >= 11 is 2.09. The van der Waals surface area contributed by atoms with Crippen LogP contribution in [0.1, 0.15) is 39.5 Å². The number of nitrogens with one attached hydrogen (secondary N) is 1. The fourth-order valence-corrected chi connectivity index (χ4v) is 4.11. The first kappa shape index (κ1) is 22.3. The third-order valence-electron chi connectivity index (χ3n) is 4.26. The van der Waals surface area contributed by atoms with E-state index in [2.05, 4.69) is 35.8 Å². The molecule has 0 aromatic carbocycles. The maximum absolute atomic E-state index is 5.71. The molecule has 2 heterocycles. The van der Waals surface area contributed by atoms with E-state index in [0.29, 0.717) is 6.10 Å². The number of halogens is 1. The van der Waals surface area contributed by atoms with Crippen LogP contribution in [0.3, 0.4) is 0 Å². The summed E-state index contributed by atoms with van der Waals surface area (Å²) in [5.74, 6) is 2.28. The fraction of sp³-hybridized carbons (Fsp3) is 0.941. The van der Waals surface area contributed by atoms with Crippen LogP contribution in [0.15, 0.2) is 4.99 Å². The normalized spacial score (nSPS) is 24.8. The van der Waals surface area contributed by atoms with Crippen LogP contribution >= 0.6 is 35.7 Å². The number of rotatable bonds is 8. The number of guanidine groups is 1. The van der Waals surface area contributed by atoms with Gasteiger partial charge in [-0.25, -0.2) is 0 Å². The molecular weight excluding hydrogens is 437 g/mol. The largest absolute Gasteiger partial charge is 0.379 e. The second kappa shape index (κ2) is 13.5. The van der Waals surface area contributed by atoms with Crippen LogP contribution in [0.4, 0.5) is 0 Å². The van der Waals surface area contributed by atoms with E-state index in [-0.39, 0.29) is 24.0 Å². The van der Waals surface area contributed by atoms with E-state index in [1.54, 1.807) is 0 Å². The molecule has 2 aliphatic rings. The Hall–Kier alpha value is 0.270. The minimum Gasteiger partial charge on any atom is -0.379 e. The Bertz CT molecular complexity index is 355. The van der Waals surface area contributed by atoms with Crippen LogP contribution in [-0.2, 0) is 9.47 Å². The molecule has 2 saturated heterocycles. The summed E-state index contributed by atoms with van der Waals surface area (Å²) in [5.41, 5.74) is 0. The van der Waals surface area contributed by atoms with Crippen molar-refractivity contribution in [3.05, 3.63) is 0 Å². The number of ether oxygens (including phenoxy) is 2. The first-order valence-electron chi connectivity index (χ1n) is 9.17. The molecule has 0 radical (unpaired) electrons. The third-order valence-corrected chi connectivity index (χ3v) is 5.64. The summed E-state index contributed by atoms with van der Waals surface area (Å²) in [5, 5.41) is 4.18. The molecule has 0 aromatic heterocycles. The van der Waals surface area contributed by atoms with E-state index < -0.39 is 0 Å². The standard InChI is InChI=1S/C17H33N3O2S.HI/c1-3-16-13-20(9-12-23-16)17(18-4-2)19-8-6-10-21-14-15-7-5-11-22-15;/h15-16H,3-14H2,1-2H3,(H,18,19);1H. The van der Waals surface area contributed by atoms with Gasteiger partial charge >= 0.3 is 0 Å². The van der Waals surface area contributed by atoms with Crippen LogP contribution in [-0.4, -0.2) is 74.0 Å². The summed E-state index contributed by atoms with van der Waals surface area (Å²) in [6.45, 7) is 10.8. The zero-order chi connectivity index (χ0) is 16.3. The Morgan fingerprint density at radius 1 is 1.42 bits per heavy atom. The Morgan fingerprint density at radius 2 is 2.29 bits per heavy atom. The first-order chi connectivity index (χ1) is 11.3. The highest BCUT2D eigenvalue weighted by molar-refractivity contribution is 14.0. The highest BCUT2D eigenvalue weighted by atomic mass is 127. The van der Waals surface area contributed by atoms with E-state index in [0.717, 1.165) is 70.1 Å². The molecule has 142 valence electrons. The number of hydrogen-bond acceptors (Lipinski definition) is 4. The van der Waals surface area contributed by atoms with Gasteiger partial charge in [-0.3, -0.25) is 4.99 Å². The molecule has 0 bridgehead atoms. The van der Waals surface area contributed by atoms with Gasteiger partial charge in [0, 0.05) is 50.4 Å². The van der Waals surface area contributed by atoms with Crippen molar-refractivity contribution in [1.82, 2.24) is 10.2 Å². The van der Waals surface area contributed by atoms with Gasteiger partial charge < -0.3 is 19.7 Å². The Morgan fingerprint density at radius 3 is 3.00 bits per heavy atom. The number of hydrogen-bond donors (Lipinski definition) is 1. The van der Waals surface area contributed by atoms with Crippen molar-refractivity contribution in [2.45, 2.75) is 50.9 Å². The van der Waals surface area contributed by atoms with Gasteiger partial charge in [0.2, 0.25) is 0 Å². The molecule has 1 N–H and O–H groups in total. The molecule has 2 aliphatic heterocycles. The molecule has 0 saturated carbocycles. The van der Waals surface area contributed by atoms with Gasteiger partial charge in [-0.1, -0.05) is 6.92 Å². The molecule has 2 fully saturated rings. The van der Waals surface area contributed by atoms with Crippen molar-refractivity contribution in [1.29, 1.82) is 0 Å². The minimum absolute atomic E-state index is 0. The van der Waals surface area contributed by atoms with Gasteiger partial charge in [0.15, 0.2) is 5.96 Å². The van der Waals surface area contributed by atoms with Crippen molar-refractivity contribution >= 4 is 41.7 Å². The lowest BCUT2D eigenvalue weighted by atomic mass is 10.2. The van der Waals surface area contributed by atoms with Crippen molar-refractivity contribution in [2.24, 2.45) is 4.99 Å². The summed E-state index contributed by atoms with van der Waals surface area (Å²) in [7, 11) is 0. The van der Waals surface area contributed by atoms with Gasteiger partial charge in [-0.15, -0.1) is 24.0 Å². The van der Waals surface area contributed by atoms with Crippen LogP contribution in [0, 0.1) is 0 Å². The van der Waals surface area contributed by atoms with Gasteiger partial charge in [-0.05, 0) is 32.6 Å². The van der Waals surface area contributed by atoms with E-state index >= 15 is 0 Å². The third kappa shape index (κ3) is 8.10. The average Bonchev–Trinajstić information content (AvgIpc) is 3.10. The molecule has 24 heavy (non-hydrogen) atoms. The molecule has 0 aliphatic carbocycles. The van der Waals surface area contributed by atoms with E-state index in [1.165, 1.54) is 18.6 Å². The molecular formula is C17H34IN3O2S. The van der Waals surface area contributed by atoms with Gasteiger partial charge in [0.25, 0.3) is 0 Å². The lowest BCUT2D eigenvalue weighted by Crippen LogP contribution is -2.48. The minimum atomic E-state index is 0. The smallest absolute Gasteiger partial charge is 0.193 e. The maximum atomic E-state index is 5.71. The maximum Gasteiger partial charge on any atom is 0.193 e. The molecule has 0 amide bonds. The summed E-state index contributed by atoms with van der Waals surface area (Å²) in [6.07, 6.45) is 4.86. The monoisotopic (exact) mass is 471 g/mol. The average molecular weight is 471 g/mol. The number of nitrogens with zero attached hydrogens (tertiary/aromatic N) is 2. The second-order valence-corrected chi connectivity index (χ2v) is 7.55. The van der Waals surface area contributed by atoms with Crippen molar-refractivity contribution < 1.29 is 9.47 Å². The number of thioether (sulfide) groups is 1. The van der Waals surface area contributed by atoms with Crippen molar-refractivity contribution in [3.63, 3.8) is 0 Å². The topological polar surface area (TPSA) is 46.1 Å². The predicted octanol–water partition coefficient (Wildman–Crippen LogP) is 2.98. The molecule has 2 rings (SSSR count). The molecule has 2 unspecified atom stereocenters. The highest BCUT2D eigenvalue weighted by Crippen LogP contribution is 2.21. The fourth-order valence-electron chi connectivity index (χ4n) is 2.93. The molecule has 7 heteroatoms. The highest BCUT2D eigenvalue weighted by Gasteiger charge is 2.21. The molecule has 2 atom stereocenters. The van der Waals surface area contributed by atoms with Crippen LogP contribution in [0.25, 0.3) is 0 Å². The molecule has 0 aromatic rings. The van der Waals surface area contributed by atoms with Crippen molar-refractivity contribution in [3.8, 4) is 0 Å². The van der Waals surface area contributed by atoms with Gasteiger partial charge in [-0.2, -0.15) is 11.8 Å². The first-order valence-corrected chi connectivity index (χ1v) is 10.2. The summed E-state index contributed by atoms with van der Waals surface area (Å²) < 4.78 is 11.3. The summed E-state index contributed by atoms with van der Waals surface area (Å²) in [6, 6.07) is 0. The zero-order valence-corrected chi connectivity index (χ0v) is 18.3. The Balaban J connectivity index is 0.00000288. The Kier molecular flexibility index (Phi) is 12.5.